The Morgan fingerprint density at radius 3 is 2.36 bits per heavy atom. The summed E-state index contributed by atoms with van der Waals surface area (Å²) in [6, 6.07) is 13.5. The lowest BCUT2D eigenvalue weighted by Crippen LogP contribution is -2.21. The van der Waals surface area contributed by atoms with Gasteiger partial charge in [0.05, 0.1) is 5.56 Å². The second kappa shape index (κ2) is 8.10. The minimum Gasteiger partial charge on any atom is -0.452 e. The van der Waals surface area contributed by atoms with Crippen LogP contribution in [0.3, 0.4) is 0 Å². The molecular formula is C19H20N2O4. The first-order valence-electron chi connectivity index (χ1n) is 7.72. The Morgan fingerprint density at radius 2 is 1.68 bits per heavy atom. The Bertz CT molecular complexity index is 800. The quantitative estimate of drug-likeness (QED) is 0.646. The van der Waals surface area contributed by atoms with Crippen molar-refractivity contribution in [3.63, 3.8) is 0 Å². The highest BCUT2D eigenvalue weighted by Crippen LogP contribution is 2.14. The number of nitrogens with zero attached hydrogens (tertiary/aromatic N) is 1. The van der Waals surface area contributed by atoms with Crippen LogP contribution in [0, 0.1) is 0 Å². The number of ether oxygens (including phenoxy) is 1. The van der Waals surface area contributed by atoms with Crippen molar-refractivity contribution in [3.05, 3.63) is 59.7 Å². The Balaban J connectivity index is 1.93. The van der Waals surface area contributed by atoms with Crippen molar-refractivity contribution in [2.45, 2.75) is 6.92 Å². The highest BCUT2D eigenvalue weighted by atomic mass is 16.5. The molecule has 0 aromatic heterocycles. The van der Waals surface area contributed by atoms with Gasteiger partial charge < -0.3 is 15.0 Å². The molecular weight excluding hydrogens is 320 g/mol. The van der Waals surface area contributed by atoms with Crippen molar-refractivity contribution >= 4 is 29.0 Å². The monoisotopic (exact) mass is 340 g/mol. The second-order valence-electron chi connectivity index (χ2n) is 5.71. The van der Waals surface area contributed by atoms with Crippen molar-refractivity contribution in [1.29, 1.82) is 0 Å². The van der Waals surface area contributed by atoms with E-state index in [0.717, 1.165) is 5.69 Å². The topological polar surface area (TPSA) is 75.7 Å². The Hall–Kier alpha value is -3.15. The zero-order valence-electron chi connectivity index (χ0n) is 14.4. The average molecular weight is 340 g/mol. The van der Waals surface area contributed by atoms with E-state index in [1.54, 1.807) is 42.5 Å². The van der Waals surface area contributed by atoms with Crippen molar-refractivity contribution in [3.8, 4) is 0 Å². The Labute approximate surface area is 146 Å². The van der Waals surface area contributed by atoms with Crippen molar-refractivity contribution in [2.24, 2.45) is 0 Å². The summed E-state index contributed by atoms with van der Waals surface area (Å²) >= 11 is 0. The van der Waals surface area contributed by atoms with Crippen molar-refractivity contribution in [1.82, 2.24) is 0 Å². The molecule has 6 nitrogen and oxygen atoms in total. The number of rotatable bonds is 6. The largest absolute Gasteiger partial charge is 0.452 e. The molecule has 0 aliphatic carbocycles. The van der Waals surface area contributed by atoms with E-state index in [9.17, 15) is 14.4 Å². The van der Waals surface area contributed by atoms with Crippen molar-refractivity contribution in [2.75, 3.05) is 30.9 Å². The van der Waals surface area contributed by atoms with Crippen molar-refractivity contribution < 1.29 is 19.1 Å². The molecule has 0 radical (unpaired) electrons. The van der Waals surface area contributed by atoms with Crippen LogP contribution in [0.25, 0.3) is 0 Å². The zero-order chi connectivity index (χ0) is 18.4. The van der Waals surface area contributed by atoms with Gasteiger partial charge in [0, 0.05) is 31.0 Å². The number of Topliss-reactive ketones (excluding diaryl/α,β-unsaturated/α-hetero) is 1. The maximum absolute atomic E-state index is 12.1. The van der Waals surface area contributed by atoms with Gasteiger partial charge in [-0.05, 0) is 37.3 Å². The maximum atomic E-state index is 12.1. The van der Waals surface area contributed by atoms with Gasteiger partial charge in [-0.15, -0.1) is 0 Å². The molecule has 0 aliphatic rings. The SMILES string of the molecule is CC(=O)c1cccc(NC(=O)COC(=O)c2cccc(N(C)C)c2)c1. The van der Waals surface area contributed by atoms with Gasteiger partial charge in [0.2, 0.25) is 0 Å². The molecule has 0 atom stereocenters. The molecule has 2 aromatic rings. The summed E-state index contributed by atoms with van der Waals surface area (Å²) in [4.78, 5) is 37.2. The lowest BCUT2D eigenvalue weighted by molar-refractivity contribution is -0.119. The molecule has 0 fully saturated rings. The summed E-state index contributed by atoms with van der Waals surface area (Å²) in [7, 11) is 3.74. The van der Waals surface area contributed by atoms with Gasteiger partial charge >= 0.3 is 5.97 Å². The first kappa shape index (κ1) is 18.2. The summed E-state index contributed by atoms with van der Waals surface area (Å²) in [5, 5.41) is 2.60. The van der Waals surface area contributed by atoms with Gasteiger partial charge in [0.1, 0.15) is 0 Å². The van der Waals surface area contributed by atoms with Crippen LogP contribution < -0.4 is 10.2 Å². The van der Waals surface area contributed by atoms with Crippen LogP contribution in [0.2, 0.25) is 0 Å². The van der Waals surface area contributed by atoms with Gasteiger partial charge in [-0.25, -0.2) is 4.79 Å². The lowest BCUT2D eigenvalue weighted by Gasteiger charge is -2.13. The first-order valence-corrected chi connectivity index (χ1v) is 7.72. The molecule has 130 valence electrons. The fraction of sp³-hybridized carbons (Fsp3) is 0.211. The highest BCUT2D eigenvalue weighted by molar-refractivity contribution is 5.98. The van der Waals surface area contributed by atoms with Crippen LogP contribution in [-0.2, 0) is 9.53 Å². The summed E-state index contributed by atoms with van der Waals surface area (Å²) < 4.78 is 5.04. The number of carbonyl (C=O) groups is 3. The van der Waals surface area contributed by atoms with E-state index in [2.05, 4.69) is 5.32 Å². The van der Waals surface area contributed by atoms with Crippen LogP contribution in [0.15, 0.2) is 48.5 Å². The molecule has 1 amide bonds. The van der Waals surface area contributed by atoms with Gasteiger partial charge in [-0.2, -0.15) is 0 Å². The van der Waals surface area contributed by atoms with Crippen LogP contribution >= 0.6 is 0 Å². The molecule has 0 saturated carbocycles. The third-order valence-corrected chi connectivity index (χ3v) is 3.49. The fourth-order valence-electron chi connectivity index (χ4n) is 2.14. The number of amides is 1. The zero-order valence-corrected chi connectivity index (χ0v) is 14.4. The van der Waals surface area contributed by atoms with Gasteiger partial charge in [-0.1, -0.05) is 18.2 Å². The number of hydrogen-bond acceptors (Lipinski definition) is 5. The number of nitrogens with one attached hydrogen (secondary N) is 1. The van der Waals surface area contributed by atoms with E-state index in [0.29, 0.717) is 16.8 Å². The van der Waals surface area contributed by atoms with E-state index in [-0.39, 0.29) is 5.78 Å². The minimum atomic E-state index is -0.573. The molecule has 1 N–H and O–H groups in total. The number of ketones is 1. The molecule has 6 heteroatoms. The van der Waals surface area contributed by atoms with Crippen LogP contribution in [0.4, 0.5) is 11.4 Å². The van der Waals surface area contributed by atoms with E-state index in [1.165, 1.54) is 6.92 Å². The number of benzene rings is 2. The smallest absolute Gasteiger partial charge is 0.338 e. The molecule has 25 heavy (non-hydrogen) atoms. The molecule has 0 spiro atoms. The lowest BCUT2D eigenvalue weighted by atomic mass is 10.1. The summed E-state index contributed by atoms with van der Waals surface area (Å²) in [5.41, 5.74) is 2.20. The van der Waals surface area contributed by atoms with E-state index < -0.39 is 18.5 Å². The number of anilines is 2. The normalized spacial score (nSPS) is 10.0. The number of carbonyl (C=O) groups excluding carboxylic acids is 3. The highest BCUT2D eigenvalue weighted by Gasteiger charge is 2.12. The Kier molecular flexibility index (Phi) is 5.89. The molecule has 0 aliphatic heterocycles. The maximum Gasteiger partial charge on any atom is 0.338 e. The Morgan fingerprint density at radius 1 is 1.00 bits per heavy atom. The van der Waals surface area contributed by atoms with Crippen LogP contribution in [0.5, 0.6) is 0 Å². The number of esters is 1. The van der Waals surface area contributed by atoms with Crippen LogP contribution in [0.1, 0.15) is 27.6 Å². The third kappa shape index (κ3) is 5.17. The van der Waals surface area contributed by atoms with Gasteiger partial charge in [0.15, 0.2) is 12.4 Å². The van der Waals surface area contributed by atoms with Crippen LogP contribution in [-0.4, -0.2) is 38.4 Å². The first-order chi connectivity index (χ1) is 11.9. The predicted molar refractivity (Wildman–Crippen MR) is 96.1 cm³/mol. The molecule has 2 rings (SSSR count). The molecule has 2 aromatic carbocycles. The second-order valence-corrected chi connectivity index (χ2v) is 5.71. The number of hydrogen-bond donors (Lipinski definition) is 1. The fourth-order valence-corrected chi connectivity index (χ4v) is 2.14. The third-order valence-electron chi connectivity index (χ3n) is 3.49. The van der Waals surface area contributed by atoms with E-state index in [1.807, 2.05) is 25.1 Å². The molecule has 0 heterocycles. The molecule has 0 unspecified atom stereocenters. The minimum absolute atomic E-state index is 0.0942. The standard InChI is InChI=1S/C19H20N2O4/c1-13(22)14-6-4-8-16(10-14)20-18(23)12-25-19(24)15-7-5-9-17(11-15)21(2)3/h4-11H,12H2,1-3H3,(H,20,23). The molecule has 0 saturated heterocycles. The van der Waals surface area contributed by atoms with Gasteiger partial charge in [0.25, 0.3) is 5.91 Å². The molecule has 0 bridgehead atoms. The summed E-state index contributed by atoms with van der Waals surface area (Å²) in [6.07, 6.45) is 0. The van der Waals surface area contributed by atoms with E-state index in [4.69, 9.17) is 4.74 Å². The average Bonchev–Trinajstić information content (AvgIpc) is 2.60. The predicted octanol–water partition coefficient (Wildman–Crippen LogP) is 2.75. The summed E-state index contributed by atoms with van der Waals surface area (Å²) in [5.74, 6) is -1.14. The van der Waals surface area contributed by atoms with E-state index >= 15 is 0 Å². The van der Waals surface area contributed by atoms with Gasteiger partial charge in [-0.3, -0.25) is 9.59 Å². The summed E-state index contributed by atoms with van der Waals surface area (Å²) in [6.45, 7) is 1.04.